The third-order valence-corrected chi connectivity index (χ3v) is 0.596. The number of alkyl halides is 2. The summed E-state index contributed by atoms with van der Waals surface area (Å²) < 4.78 is 38.6. The molecule has 0 aromatic heterocycles. The van der Waals surface area contributed by atoms with Crippen molar-refractivity contribution in [2.24, 2.45) is 0 Å². The molecule has 0 aliphatic heterocycles. The molecule has 0 bridgehead atoms. The van der Waals surface area contributed by atoms with Gasteiger partial charge in [0.05, 0.1) is 6.08 Å². The van der Waals surface area contributed by atoms with Gasteiger partial charge in [-0.3, -0.25) is 0 Å². The molecule has 0 heterocycles. The summed E-state index contributed by atoms with van der Waals surface area (Å²) in [5, 5.41) is 0. The molecular formula is C6H7F3O. The smallest absolute Gasteiger partial charge is 0.274 e. The van der Waals surface area contributed by atoms with E-state index in [0.717, 1.165) is 0 Å². The summed E-state index contributed by atoms with van der Waals surface area (Å²) >= 11 is 0. The fourth-order valence-corrected chi connectivity index (χ4v) is 0.286. The first-order chi connectivity index (χ1) is 4.66. The second-order valence-electron chi connectivity index (χ2n) is 1.40. The van der Waals surface area contributed by atoms with Crippen molar-refractivity contribution in [3.63, 3.8) is 0 Å². The molecule has 0 fully saturated rings. The van der Waals surface area contributed by atoms with Gasteiger partial charge in [0.15, 0.2) is 0 Å². The van der Waals surface area contributed by atoms with Gasteiger partial charge in [-0.2, -0.15) is 4.39 Å². The molecule has 10 heavy (non-hydrogen) atoms. The van der Waals surface area contributed by atoms with Gasteiger partial charge in [-0.1, -0.05) is 12.7 Å². The molecule has 4 heteroatoms. The highest BCUT2D eigenvalue weighted by molar-refractivity contribution is 4.85. The molecule has 0 amide bonds. The Hall–Kier alpha value is -0.930. The summed E-state index contributed by atoms with van der Waals surface area (Å²) in [5.41, 5.74) is 0. The molecule has 1 nitrogen and oxygen atoms in total. The number of ether oxygens (including phenoxy) is 1. The fraction of sp³-hybridized carbons (Fsp3) is 0.333. The second-order valence-corrected chi connectivity index (χ2v) is 1.40. The van der Waals surface area contributed by atoms with Crippen LogP contribution >= 0.6 is 0 Å². The number of allylic oxidation sites excluding steroid dienone is 1. The quantitative estimate of drug-likeness (QED) is 0.443. The van der Waals surface area contributed by atoms with E-state index in [1.54, 1.807) is 0 Å². The van der Waals surface area contributed by atoms with Crippen LogP contribution < -0.4 is 0 Å². The van der Waals surface area contributed by atoms with Crippen molar-refractivity contribution in [1.29, 1.82) is 0 Å². The first-order valence-electron chi connectivity index (χ1n) is 2.56. The van der Waals surface area contributed by atoms with Crippen molar-refractivity contribution in [2.75, 3.05) is 6.61 Å². The fourth-order valence-electron chi connectivity index (χ4n) is 0.286. The first-order valence-corrected chi connectivity index (χ1v) is 2.56. The molecule has 0 saturated heterocycles. The first kappa shape index (κ1) is 9.07. The predicted molar refractivity (Wildman–Crippen MR) is 31.3 cm³/mol. The maximum atomic E-state index is 12.0. The molecule has 0 N–H and O–H groups in total. The van der Waals surface area contributed by atoms with Gasteiger partial charge in [0, 0.05) is 0 Å². The van der Waals surface area contributed by atoms with Gasteiger partial charge in [-0.05, 0) is 0 Å². The van der Waals surface area contributed by atoms with Gasteiger partial charge >= 0.3 is 0 Å². The molecule has 0 rings (SSSR count). The zero-order valence-corrected chi connectivity index (χ0v) is 5.19. The Balaban J connectivity index is 3.59. The third-order valence-electron chi connectivity index (χ3n) is 0.596. The Kier molecular flexibility index (Phi) is 4.45. The Morgan fingerprint density at radius 2 is 2.20 bits per heavy atom. The van der Waals surface area contributed by atoms with Crippen LogP contribution in [0.5, 0.6) is 0 Å². The van der Waals surface area contributed by atoms with Crippen molar-refractivity contribution in [2.45, 2.75) is 6.43 Å². The van der Waals surface area contributed by atoms with Crippen molar-refractivity contribution in [3.05, 3.63) is 24.7 Å². The lowest BCUT2D eigenvalue weighted by Crippen LogP contribution is -1.90. The van der Waals surface area contributed by atoms with Gasteiger partial charge in [0.1, 0.15) is 6.61 Å². The zero-order chi connectivity index (χ0) is 7.98. The highest BCUT2D eigenvalue weighted by Gasteiger charge is 2.00. The van der Waals surface area contributed by atoms with Gasteiger partial charge in [0.25, 0.3) is 12.4 Å². The van der Waals surface area contributed by atoms with Crippen LogP contribution in [-0.2, 0) is 4.74 Å². The molecule has 0 saturated carbocycles. The van der Waals surface area contributed by atoms with Crippen LogP contribution in [0.4, 0.5) is 13.2 Å². The van der Waals surface area contributed by atoms with Crippen LogP contribution in [0.15, 0.2) is 24.7 Å². The minimum absolute atomic E-state index is 0.0868. The molecule has 58 valence electrons. The van der Waals surface area contributed by atoms with Gasteiger partial charge in [-0.25, -0.2) is 8.78 Å². The molecule has 0 spiro atoms. The summed E-state index contributed by atoms with van der Waals surface area (Å²) in [6.45, 7) is 3.10. The van der Waals surface area contributed by atoms with Crippen LogP contribution in [0.3, 0.4) is 0 Å². The van der Waals surface area contributed by atoms with Crippen molar-refractivity contribution in [3.8, 4) is 0 Å². The van der Waals surface area contributed by atoms with Crippen LogP contribution in [0.25, 0.3) is 0 Å². The lowest BCUT2D eigenvalue weighted by molar-refractivity contribution is 0.146. The summed E-state index contributed by atoms with van der Waals surface area (Å²) in [5.74, 6) is 0. The molecule has 0 aliphatic carbocycles. The van der Waals surface area contributed by atoms with E-state index in [1.165, 1.54) is 6.08 Å². The molecule has 0 radical (unpaired) electrons. The Labute approximate surface area is 56.8 Å². The number of rotatable bonds is 4. The van der Waals surface area contributed by atoms with Gasteiger partial charge < -0.3 is 4.74 Å². The summed E-state index contributed by atoms with van der Waals surface area (Å²) in [6, 6.07) is -1.27. The van der Waals surface area contributed by atoms with Crippen molar-refractivity contribution >= 4 is 0 Å². The van der Waals surface area contributed by atoms with Crippen LogP contribution in [0.2, 0.25) is 0 Å². The average molecular weight is 152 g/mol. The lowest BCUT2D eigenvalue weighted by Gasteiger charge is -1.96. The maximum absolute atomic E-state index is 12.0. The molecule has 0 aromatic rings. The number of hydrogen-bond acceptors (Lipinski definition) is 1. The third kappa shape index (κ3) is 5.21. The van der Waals surface area contributed by atoms with E-state index in [2.05, 4.69) is 11.3 Å². The molecule has 0 aliphatic rings. The van der Waals surface area contributed by atoms with E-state index in [1.807, 2.05) is 0 Å². The van der Waals surface area contributed by atoms with Crippen LogP contribution in [0, 0.1) is 0 Å². The molecule has 0 aromatic carbocycles. The molecule has 0 unspecified atom stereocenters. The minimum atomic E-state index is -2.81. The second kappa shape index (κ2) is 4.90. The van der Waals surface area contributed by atoms with E-state index in [-0.39, 0.29) is 12.7 Å². The monoisotopic (exact) mass is 152 g/mol. The number of halogens is 3. The Bertz CT molecular complexity index is 131. The maximum Gasteiger partial charge on any atom is 0.274 e. The average Bonchev–Trinajstić information content (AvgIpc) is 1.82. The minimum Gasteiger partial charge on any atom is -0.467 e. The van der Waals surface area contributed by atoms with Gasteiger partial charge in [0.2, 0.25) is 0 Å². The standard InChI is InChI=1S/C6H7F3O/c1-2-3-10-6(9)4-5(7)8/h2,4-5H,1,3H2. The zero-order valence-electron chi connectivity index (χ0n) is 5.19. The SMILES string of the molecule is C=CCOC(F)=CC(F)F. The summed E-state index contributed by atoms with van der Waals surface area (Å²) in [6.07, 6.45) is -1.47. The van der Waals surface area contributed by atoms with Crippen molar-refractivity contribution in [1.82, 2.24) is 0 Å². The largest absolute Gasteiger partial charge is 0.467 e. The van der Waals surface area contributed by atoms with Crippen molar-refractivity contribution < 1.29 is 17.9 Å². The Morgan fingerprint density at radius 3 is 2.60 bits per heavy atom. The Morgan fingerprint density at radius 1 is 1.60 bits per heavy atom. The van der Waals surface area contributed by atoms with Crippen LogP contribution in [-0.4, -0.2) is 13.0 Å². The van der Waals surface area contributed by atoms with Gasteiger partial charge in [-0.15, -0.1) is 0 Å². The van der Waals surface area contributed by atoms with E-state index in [0.29, 0.717) is 0 Å². The highest BCUT2D eigenvalue weighted by atomic mass is 19.3. The number of hydrogen-bond donors (Lipinski definition) is 0. The lowest BCUT2D eigenvalue weighted by atomic mass is 10.6. The molecule has 0 atom stereocenters. The summed E-state index contributed by atoms with van der Waals surface area (Å²) in [4.78, 5) is 0. The van der Waals surface area contributed by atoms with E-state index >= 15 is 0 Å². The van der Waals surface area contributed by atoms with E-state index < -0.39 is 12.4 Å². The normalized spacial score (nSPS) is 11.8. The predicted octanol–water partition coefficient (Wildman–Crippen LogP) is 2.27. The highest BCUT2D eigenvalue weighted by Crippen LogP contribution is 2.04. The van der Waals surface area contributed by atoms with Crippen LogP contribution in [0.1, 0.15) is 0 Å². The van der Waals surface area contributed by atoms with E-state index in [9.17, 15) is 13.2 Å². The molecular weight excluding hydrogens is 145 g/mol. The topological polar surface area (TPSA) is 9.23 Å². The van der Waals surface area contributed by atoms with E-state index in [4.69, 9.17) is 0 Å². The summed E-state index contributed by atoms with van der Waals surface area (Å²) in [7, 11) is 0.